The number of ether oxygens (including phenoxy) is 1. The van der Waals surface area contributed by atoms with Crippen LogP contribution in [0.3, 0.4) is 0 Å². The van der Waals surface area contributed by atoms with Crippen LogP contribution >= 0.6 is 0 Å². The Morgan fingerprint density at radius 3 is 1.22 bits per heavy atom. The molecule has 0 aliphatic carbocycles. The summed E-state index contributed by atoms with van der Waals surface area (Å²) in [6.45, 7) is 5.90. The molecule has 0 unspecified atom stereocenters. The Morgan fingerprint density at radius 1 is 0.481 bits per heavy atom. The fourth-order valence-electron chi connectivity index (χ4n) is 3.40. The predicted molar refractivity (Wildman–Crippen MR) is 117 cm³/mol. The minimum atomic E-state index is 0.689. The van der Waals surface area contributed by atoms with E-state index in [-0.39, 0.29) is 0 Å². The number of hydrogen-bond donors (Lipinski definition) is 0. The van der Waals surface area contributed by atoms with Crippen molar-refractivity contribution in [2.45, 2.75) is 91.3 Å². The zero-order chi connectivity index (χ0) is 19.2. The van der Waals surface area contributed by atoms with Gasteiger partial charge in [0.2, 0.25) is 0 Å². The first-order valence-electron chi connectivity index (χ1n) is 11.0. The van der Waals surface area contributed by atoms with Crippen molar-refractivity contribution in [2.24, 2.45) is 0 Å². The van der Waals surface area contributed by atoms with Crippen molar-refractivity contribution in [1.82, 2.24) is 0 Å². The summed E-state index contributed by atoms with van der Waals surface area (Å²) in [5, 5.41) is 0. The van der Waals surface area contributed by atoms with Gasteiger partial charge in [-0.1, -0.05) is 101 Å². The van der Waals surface area contributed by atoms with E-state index in [1.807, 2.05) is 0 Å². The van der Waals surface area contributed by atoms with Crippen LogP contribution in [0.5, 0.6) is 0 Å². The number of benzene rings is 2. The molecule has 0 amide bonds. The van der Waals surface area contributed by atoms with Gasteiger partial charge in [-0.15, -0.1) is 0 Å². The second kappa shape index (κ2) is 13.6. The highest BCUT2D eigenvalue weighted by molar-refractivity contribution is 5.23. The smallest absolute Gasteiger partial charge is 0.0721 e. The lowest BCUT2D eigenvalue weighted by atomic mass is 10.0. The standard InChI is InChI=1S/C26H38O/c1-3-5-7-9-11-23-13-17-25(18-14-23)21-27-22-26-19-15-24(16-20-26)12-10-8-6-4-2/h13-20H,3-12,21-22H2,1-2H3. The third-order valence-electron chi connectivity index (χ3n) is 5.22. The van der Waals surface area contributed by atoms with Crippen LogP contribution in [0.25, 0.3) is 0 Å². The summed E-state index contributed by atoms with van der Waals surface area (Å²) in [5.41, 5.74) is 5.42. The summed E-state index contributed by atoms with van der Waals surface area (Å²) in [6, 6.07) is 17.9. The SMILES string of the molecule is CCCCCCc1ccc(COCc2ccc(CCCCCC)cc2)cc1. The normalized spacial score (nSPS) is 11.0. The molecule has 0 heterocycles. The van der Waals surface area contributed by atoms with Crippen molar-refractivity contribution in [3.05, 3.63) is 70.8 Å². The molecule has 0 aliphatic rings. The van der Waals surface area contributed by atoms with E-state index in [0.29, 0.717) is 13.2 Å². The number of rotatable bonds is 14. The average molecular weight is 367 g/mol. The molecular weight excluding hydrogens is 328 g/mol. The third kappa shape index (κ3) is 9.24. The molecule has 0 aliphatic heterocycles. The summed E-state index contributed by atoms with van der Waals surface area (Å²) in [6.07, 6.45) is 13.0. The molecule has 0 N–H and O–H groups in total. The maximum Gasteiger partial charge on any atom is 0.0721 e. The Labute approximate surface area is 167 Å². The first-order valence-corrected chi connectivity index (χ1v) is 11.0. The van der Waals surface area contributed by atoms with E-state index in [0.717, 1.165) is 0 Å². The molecule has 0 spiro atoms. The van der Waals surface area contributed by atoms with Crippen molar-refractivity contribution < 1.29 is 4.74 Å². The van der Waals surface area contributed by atoms with E-state index in [4.69, 9.17) is 4.74 Å². The molecule has 1 heteroatoms. The molecule has 0 aromatic heterocycles. The molecule has 0 bridgehead atoms. The van der Waals surface area contributed by atoms with Crippen molar-refractivity contribution in [1.29, 1.82) is 0 Å². The maximum atomic E-state index is 5.91. The molecule has 0 atom stereocenters. The van der Waals surface area contributed by atoms with Crippen molar-refractivity contribution in [3.63, 3.8) is 0 Å². The second-order valence-electron chi connectivity index (χ2n) is 7.75. The number of aryl methyl sites for hydroxylation is 2. The van der Waals surface area contributed by atoms with E-state index in [1.54, 1.807) is 0 Å². The molecule has 0 saturated carbocycles. The minimum Gasteiger partial charge on any atom is -0.372 e. The molecule has 148 valence electrons. The highest BCUT2D eigenvalue weighted by Gasteiger charge is 1.99. The Kier molecular flexibility index (Phi) is 10.9. The van der Waals surface area contributed by atoms with Crippen LogP contribution in [-0.2, 0) is 30.8 Å². The maximum absolute atomic E-state index is 5.91. The lowest BCUT2D eigenvalue weighted by Crippen LogP contribution is -1.95. The summed E-state index contributed by atoms with van der Waals surface area (Å²) >= 11 is 0. The largest absolute Gasteiger partial charge is 0.372 e. The lowest BCUT2D eigenvalue weighted by Gasteiger charge is -2.07. The van der Waals surface area contributed by atoms with Crippen LogP contribution in [0.1, 0.15) is 87.5 Å². The van der Waals surface area contributed by atoms with Gasteiger partial charge in [-0.25, -0.2) is 0 Å². The quantitative estimate of drug-likeness (QED) is 0.312. The summed E-state index contributed by atoms with van der Waals surface area (Å²) in [4.78, 5) is 0. The van der Waals surface area contributed by atoms with Crippen LogP contribution in [0.15, 0.2) is 48.5 Å². The van der Waals surface area contributed by atoms with E-state index < -0.39 is 0 Å². The van der Waals surface area contributed by atoms with Gasteiger partial charge in [-0.2, -0.15) is 0 Å². The topological polar surface area (TPSA) is 9.23 Å². The molecule has 1 nitrogen and oxygen atoms in total. The Morgan fingerprint density at radius 2 is 0.852 bits per heavy atom. The van der Waals surface area contributed by atoms with Crippen LogP contribution in [0.2, 0.25) is 0 Å². The van der Waals surface area contributed by atoms with Crippen LogP contribution in [-0.4, -0.2) is 0 Å². The lowest BCUT2D eigenvalue weighted by molar-refractivity contribution is 0.107. The van der Waals surface area contributed by atoms with Crippen molar-refractivity contribution in [3.8, 4) is 0 Å². The summed E-state index contributed by atoms with van der Waals surface area (Å²) in [7, 11) is 0. The fourth-order valence-corrected chi connectivity index (χ4v) is 3.40. The first kappa shape index (κ1) is 21.7. The molecular formula is C26H38O. The third-order valence-corrected chi connectivity index (χ3v) is 5.22. The molecule has 2 aromatic rings. The van der Waals surface area contributed by atoms with Gasteiger partial charge < -0.3 is 4.74 Å². The monoisotopic (exact) mass is 366 g/mol. The van der Waals surface area contributed by atoms with E-state index in [2.05, 4.69) is 62.4 Å². The minimum absolute atomic E-state index is 0.689. The van der Waals surface area contributed by atoms with Crippen LogP contribution in [0.4, 0.5) is 0 Å². The molecule has 2 aromatic carbocycles. The van der Waals surface area contributed by atoms with Gasteiger partial charge in [0.15, 0.2) is 0 Å². The summed E-state index contributed by atoms with van der Waals surface area (Å²) < 4.78 is 5.91. The fraction of sp³-hybridized carbons (Fsp3) is 0.538. The molecule has 0 radical (unpaired) electrons. The highest BCUT2D eigenvalue weighted by atomic mass is 16.5. The van der Waals surface area contributed by atoms with Gasteiger partial charge in [0.25, 0.3) is 0 Å². The zero-order valence-electron chi connectivity index (χ0n) is 17.5. The van der Waals surface area contributed by atoms with Crippen LogP contribution in [0, 0.1) is 0 Å². The Balaban J connectivity index is 1.65. The second-order valence-corrected chi connectivity index (χ2v) is 7.75. The van der Waals surface area contributed by atoms with Gasteiger partial charge in [0.1, 0.15) is 0 Å². The van der Waals surface area contributed by atoms with Gasteiger partial charge in [-0.05, 0) is 47.9 Å². The Hall–Kier alpha value is -1.60. The average Bonchev–Trinajstić information content (AvgIpc) is 2.71. The van der Waals surface area contributed by atoms with Gasteiger partial charge in [0.05, 0.1) is 13.2 Å². The highest BCUT2D eigenvalue weighted by Crippen LogP contribution is 2.13. The molecule has 0 saturated heterocycles. The number of hydrogen-bond acceptors (Lipinski definition) is 1. The van der Waals surface area contributed by atoms with Gasteiger partial charge >= 0.3 is 0 Å². The van der Waals surface area contributed by atoms with E-state index >= 15 is 0 Å². The summed E-state index contributed by atoms with van der Waals surface area (Å²) in [5.74, 6) is 0. The Bertz CT molecular complexity index is 542. The predicted octanol–water partition coefficient (Wildman–Crippen LogP) is 7.65. The first-order chi connectivity index (χ1) is 13.3. The van der Waals surface area contributed by atoms with E-state index in [9.17, 15) is 0 Å². The molecule has 2 rings (SSSR count). The number of unbranched alkanes of at least 4 members (excludes halogenated alkanes) is 6. The van der Waals surface area contributed by atoms with Crippen molar-refractivity contribution in [2.75, 3.05) is 0 Å². The van der Waals surface area contributed by atoms with Gasteiger partial charge in [0, 0.05) is 0 Å². The zero-order valence-corrected chi connectivity index (χ0v) is 17.5. The van der Waals surface area contributed by atoms with Crippen LogP contribution < -0.4 is 0 Å². The van der Waals surface area contributed by atoms with E-state index in [1.165, 1.54) is 86.5 Å². The van der Waals surface area contributed by atoms with Crippen molar-refractivity contribution >= 4 is 0 Å². The van der Waals surface area contributed by atoms with Gasteiger partial charge in [-0.3, -0.25) is 0 Å². The molecule has 27 heavy (non-hydrogen) atoms. The molecule has 0 fully saturated rings.